The summed E-state index contributed by atoms with van der Waals surface area (Å²) in [4.78, 5) is 23.8. The zero-order valence-electron chi connectivity index (χ0n) is 28.6. The molecule has 10 heteroatoms. The average molecular weight is 681 g/mol. The quantitative estimate of drug-likeness (QED) is 0.0608. The molecule has 268 valence electrons. The molecule has 1 aliphatic carbocycles. The molecule has 0 bridgehead atoms. The van der Waals surface area contributed by atoms with Crippen LogP contribution in [0.5, 0.6) is 11.5 Å². The van der Waals surface area contributed by atoms with Gasteiger partial charge in [0.05, 0.1) is 24.9 Å². The molecular formula is C39H52O10. The summed E-state index contributed by atoms with van der Waals surface area (Å²) < 4.78 is 42.6. The van der Waals surface area contributed by atoms with Crippen molar-refractivity contribution in [2.75, 3.05) is 26.4 Å². The van der Waals surface area contributed by atoms with Crippen molar-refractivity contribution < 1.29 is 47.9 Å². The van der Waals surface area contributed by atoms with Crippen molar-refractivity contribution in [3.05, 3.63) is 72.3 Å². The fourth-order valence-corrected chi connectivity index (χ4v) is 6.47. The molecule has 2 heterocycles. The van der Waals surface area contributed by atoms with E-state index in [0.29, 0.717) is 56.8 Å². The van der Waals surface area contributed by atoms with Crippen LogP contribution in [-0.4, -0.2) is 80.3 Å². The number of carbonyl (C=O) groups excluding carboxylic acids is 2. The summed E-state index contributed by atoms with van der Waals surface area (Å²) in [5.41, 5.74) is 0.574. The average Bonchev–Trinajstić information content (AvgIpc) is 3.41. The van der Waals surface area contributed by atoms with E-state index >= 15 is 0 Å². The lowest BCUT2D eigenvalue weighted by atomic mass is 9.98. The molecule has 2 saturated heterocycles. The van der Waals surface area contributed by atoms with Crippen molar-refractivity contribution in [3.63, 3.8) is 0 Å². The Morgan fingerprint density at radius 3 is 2.33 bits per heavy atom. The molecule has 10 nitrogen and oxygen atoms in total. The highest BCUT2D eigenvalue weighted by Crippen LogP contribution is 2.36. The van der Waals surface area contributed by atoms with Gasteiger partial charge in [0.25, 0.3) is 0 Å². The van der Waals surface area contributed by atoms with Crippen molar-refractivity contribution in [2.45, 2.75) is 115 Å². The third-order valence-electron chi connectivity index (χ3n) is 9.18. The van der Waals surface area contributed by atoms with Gasteiger partial charge in [0, 0.05) is 37.5 Å². The van der Waals surface area contributed by atoms with E-state index in [1.54, 1.807) is 24.3 Å². The standard InChI is InChI=1S/C39H52O10/c1-28(40)29-19-21-31(22-20-29)47-36(42)16-8-3-2-7-15-33-34(41)25-35(49-38-18-10-12-24-44-38)39(33)46-27-32(48-37-17-9-11-23-43-37)26-45-30-13-5-4-6-14-30/h2,4-7,13-14,19-22,32-35,37-39,41H,3,8-12,15-18,23-27H2,1H3/t32?,33-,34-,35+,37?,38?,39+/m1/s1. The van der Waals surface area contributed by atoms with Crippen LogP contribution in [0.1, 0.15) is 87.9 Å². The number of hydrogen-bond donors (Lipinski definition) is 1. The molecule has 2 aromatic rings. The Morgan fingerprint density at radius 1 is 0.898 bits per heavy atom. The molecule has 2 aliphatic heterocycles. The summed E-state index contributed by atoms with van der Waals surface area (Å²) in [6.45, 7) is 3.40. The van der Waals surface area contributed by atoms with Crippen molar-refractivity contribution >= 4 is 11.8 Å². The molecule has 0 radical (unpaired) electrons. The Labute approximate surface area is 290 Å². The number of hydrogen-bond acceptors (Lipinski definition) is 10. The Bertz CT molecular complexity index is 1290. The topological polar surface area (TPSA) is 119 Å². The van der Waals surface area contributed by atoms with Gasteiger partial charge in [-0.15, -0.1) is 0 Å². The molecule has 0 aromatic heterocycles. The van der Waals surface area contributed by atoms with Crippen LogP contribution in [0.4, 0.5) is 0 Å². The number of unbranched alkanes of at least 4 members (excludes halogenated alkanes) is 1. The number of benzene rings is 2. The zero-order valence-corrected chi connectivity index (χ0v) is 28.6. The van der Waals surface area contributed by atoms with Gasteiger partial charge in [0.1, 0.15) is 24.2 Å². The van der Waals surface area contributed by atoms with Crippen LogP contribution >= 0.6 is 0 Å². The van der Waals surface area contributed by atoms with E-state index in [-0.39, 0.29) is 61.6 Å². The van der Waals surface area contributed by atoms with Crippen LogP contribution in [0.15, 0.2) is 66.7 Å². The molecule has 0 spiro atoms. The molecule has 5 rings (SSSR count). The molecule has 3 unspecified atom stereocenters. The lowest BCUT2D eigenvalue weighted by molar-refractivity contribution is -0.226. The van der Waals surface area contributed by atoms with E-state index in [1.807, 2.05) is 36.4 Å². The number of ether oxygens (including phenoxy) is 7. The second-order valence-electron chi connectivity index (χ2n) is 13.1. The zero-order chi connectivity index (χ0) is 34.3. The molecule has 3 fully saturated rings. The number of Topliss-reactive ketones (excluding diaryl/α,β-unsaturated/α-hetero) is 1. The van der Waals surface area contributed by atoms with Crippen LogP contribution in [0.25, 0.3) is 0 Å². The first-order valence-corrected chi connectivity index (χ1v) is 17.9. The molecule has 2 aromatic carbocycles. The Kier molecular flexibility index (Phi) is 15.1. The first-order valence-electron chi connectivity index (χ1n) is 17.9. The summed E-state index contributed by atoms with van der Waals surface area (Å²) in [5, 5.41) is 11.2. The second kappa shape index (κ2) is 19.9. The van der Waals surface area contributed by atoms with E-state index in [9.17, 15) is 14.7 Å². The van der Waals surface area contributed by atoms with Crippen LogP contribution < -0.4 is 9.47 Å². The molecule has 1 N–H and O–H groups in total. The molecule has 7 atom stereocenters. The number of esters is 1. The van der Waals surface area contributed by atoms with Gasteiger partial charge in [0.2, 0.25) is 0 Å². The lowest BCUT2D eigenvalue weighted by Gasteiger charge is -2.32. The van der Waals surface area contributed by atoms with E-state index in [4.69, 9.17) is 33.2 Å². The fourth-order valence-electron chi connectivity index (χ4n) is 6.47. The summed E-state index contributed by atoms with van der Waals surface area (Å²) in [7, 11) is 0. The monoisotopic (exact) mass is 680 g/mol. The highest BCUT2D eigenvalue weighted by molar-refractivity contribution is 5.94. The maximum absolute atomic E-state index is 12.3. The fraction of sp³-hybridized carbons (Fsp3) is 0.590. The molecular weight excluding hydrogens is 628 g/mol. The predicted octanol–water partition coefficient (Wildman–Crippen LogP) is 6.58. The summed E-state index contributed by atoms with van der Waals surface area (Å²) in [6.07, 6.45) is 10.3. The Hall–Kier alpha value is -3.12. The molecule has 3 aliphatic rings. The van der Waals surface area contributed by atoms with E-state index in [0.717, 1.165) is 44.3 Å². The van der Waals surface area contributed by atoms with Crippen molar-refractivity contribution in [3.8, 4) is 11.5 Å². The minimum atomic E-state index is -0.603. The number of ketones is 1. The Balaban J connectivity index is 1.15. The van der Waals surface area contributed by atoms with Gasteiger partial charge in [-0.25, -0.2) is 0 Å². The van der Waals surface area contributed by atoms with Crippen LogP contribution in [0, 0.1) is 5.92 Å². The van der Waals surface area contributed by atoms with Gasteiger partial charge in [-0.2, -0.15) is 0 Å². The number of carbonyl (C=O) groups is 2. The third kappa shape index (κ3) is 12.3. The largest absolute Gasteiger partial charge is 0.491 e. The van der Waals surface area contributed by atoms with E-state index < -0.39 is 6.10 Å². The first-order chi connectivity index (χ1) is 23.9. The van der Waals surface area contributed by atoms with Crippen molar-refractivity contribution in [1.29, 1.82) is 0 Å². The summed E-state index contributed by atoms with van der Waals surface area (Å²) >= 11 is 0. The van der Waals surface area contributed by atoms with Gasteiger partial charge in [0.15, 0.2) is 18.4 Å². The number of rotatable bonds is 18. The normalized spacial score (nSPS) is 26.4. The van der Waals surface area contributed by atoms with Gasteiger partial charge < -0.3 is 38.3 Å². The van der Waals surface area contributed by atoms with Crippen LogP contribution in [0.2, 0.25) is 0 Å². The van der Waals surface area contributed by atoms with Gasteiger partial charge in [-0.1, -0.05) is 30.4 Å². The van der Waals surface area contributed by atoms with Gasteiger partial charge in [-0.05, 0) is 101 Å². The van der Waals surface area contributed by atoms with Crippen LogP contribution in [0.3, 0.4) is 0 Å². The number of allylic oxidation sites excluding steroid dienone is 2. The van der Waals surface area contributed by atoms with Gasteiger partial charge >= 0.3 is 5.97 Å². The maximum atomic E-state index is 12.3. The van der Waals surface area contributed by atoms with E-state index in [2.05, 4.69) is 6.08 Å². The third-order valence-corrected chi connectivity index (χ3v) is 9.18. The van der Waals surface area contributed by atoms with Crippen molar-refractivity contribution in [1.82, 2.24) is 0 Å². The van der Waals surface area contributed by atoms with Crippen LogP contribution in [-0.2, 0) is 28.5 Å². The summed E-state index contributed by atoms with van der Waals surface area (Å²) in [6, 6.07) is 16.2. The second-order valence-corrected chi connectivity index (χ2v) is 13.1. The predicted molar refractivity (Wildman–Crippen MR) is 182 cm³/mol. The minimum Gasteiger partial charge on any atom is -0.491 e. The van der Waals surface area contributed by atoms with Crippen molar-refractivity contribution in [2.24, 2.45) is 5.92 Å². The first kappa shape index (κ1) is 37.1. The minimum absolute atomic E-state index is 0.0367. The SMILES string of the molecule is CC(=O)c1ccc(OC(=O)CCCC=CC[C@H]2[C@H](OCC(COc3ccccc3)OC3CCCCO3)[C@@H](OC3CCCCO3)C[C@H]2O)cc1. The smallest absolute Gasteiger partial charge is 0.311 e. The van der Waals surface area contributed by atoms with Gasteiger partial charge in [-0.3, -0.25) is 9.59 Å². The Morgan fingerprint density at radius 2 is 1.63 bits per heavy atom. The highest BCUT2D eigenvalue weighted by Gasteiger charge is 2.45. The van der Waals surface area contributed by atoms with E-state index in [1.165, 1.54) is 6.92 Å². The summed E-state index contributed by atoms with van der Waals surface area (Å²) in [5.74, 6) is 0.639. The number of para-hydroxylation sites is 1. The molecule has 0 amide bonds. The number of aliphatic hydroxyl groups excluding tert-OH is 1. The number of aliphatic hydroxyl groups is 1. The molecule has 1 saturated carbocycles. The molecule has 49 heavy (non-hydrogen) atoms. The maximum Gasteiger partial charge on any atom is 0.311 e. The lowest BCUT2D eigenvalue weighted by Crippen LogP contribution is -2.40. The highest BCUT2D eigenvalue weighted by atomic mass is 16.7.